The summed E-state index contributed by atoms with van der Waals surface area (Å²) in [4.78, 5) is 28.5. The molecule has 1 saturated heterocycles. The number of carbonyl (C=O) groups is 2. The number of aryl methyl sites for hydroxylation is 1. The van der Waals surface area contributed by atoms with Gasteiger partial charge in [-0.25, -0.2) is 4.39 Å². The van der Waals surface area contributed by atoms with Gasteiger partial charge in [0.25, 0.3) is 5.91 Å². The lowest BCUT2D eigenvalue weighted by Crippen LogP contribution is -2.51. The van der Waals surface area contributed by atoms with E-state index < -0.39 is 6.61 Å². The summed E-state index contributed by atoms with van der Waals surface area (Å²) in [5.74, 6) is 0.740. The molecular formula is C29H39FN4O3. The molecule has 0 radical (unpaired) electrons. The smallest absolute Gasteiger partial charge is 0.274 e. The predicted octanol–water partition coefficient (Wildman–Crippen LogP) is 3.77. The average molecular weight is 511 g/mol. The van der Waals surface area contributed by atoms with Crippen LogP contribution in [-0.4, -0.2) is 69.3 Å². The van der Waals surface area contributed by atoms with Crippen molar-refractivity contribution in [1.82, 2.24) is 19.6 Å². The van der Waals surface area contributed by atoms with Crippen LogP contribution in [0.25, 0.3) is 0 Å². The lowest BCUT2D eigenvalue weighted by atomic mass is 9.76. The SMILES string of the molecule is Cc1c(F)ccc(C2CCC(CCn3nc(C(=O)N4CCN(C(=O)CO)CC4)c4c3CCC4)CC2)c1C. The summed E-state index contributed by atoms with van der Waals surface area (Å²) in [6.45, 7) is 6.13. The van der Waals surface area contributed by atoms with Crippen molar-refractivity contribution in [3.63, 3.8) is 0 Å². The molecule has 2 fully saturated rings. The van der Waals surface area contributed by atoms with Crippen molar-refractivity contribution in [2.24, 2.45) is 5.92 Å². The van der Waals surface area contributed by atoms with Crippen LogP contribution in [0.1, 0.15) is 82.9 Å². The molecule has 5 rings (SSSR count). The number of nitrogens with zero attached hydrogens (tertiary/aromatic N) is 4. The first-order valence-corrected chi connectivity index (χ1v) is 13.9. The van der Waals surface area contributed by atoms with Crippen LogP contribution in [0.2, 0.25) is 0 Å². The highest BCUT2D eigenvalue weighted by atomic mass is 19.1. The molecule has 1 saturated carbocycles. The van der Waals surface area contributed by atoms with E-state index in [-0.39, 0.29) is 17.6 Å². The van der Waals surface area contributed by atoms with E-state index in [1.54, 1.807) is 15.9 Å². The molecule has 200 valence electrons. The highest BCUT2D eigenvalue weighted by Gasteiger charge is 2.32. The Bertz CT molecular complexity index is 1160. The number of aliphatic hydroxyl groups is 1. The minimum atomic E-state index is -0.487. The second kappa shape index (κ2) is 10.9. The molecule has 7 nitrogen and oxygen atoms in total. The summed E-state index contributed by atoms with van der Waals surface area (Å²) in [6.07, 6.45) is 8.64. The summed E-state index contributed by atoms with van der Waals surface area (Å²) >= 11 is 0. The third-order valence-electron chi connectivity index (χ3n) is 9.06. The average Bonchev–Trinajstić information content (AvgIpc) is 3.54. The third-order valence-corrected chi connectivity index (χ3v) is 9.06. The first-order valence-electron chi connectivity index (χ1n) is 13.9. The standard InChI is InChI=1S/C29H39FN4O3/c1-19-20(2)25(30)11-10-23(19)22-8-6-21(7-9-22)12-13-34-26-5-3-4-24(26)28(31-34)29(37)33-16-14-32(15-17-33)27(36)18-35/h10-11,21-22,35H,3-9,12-18H2,1-2H3. The number of amides is 2. The number of hydrogen-bond acceptors (Lipinski definition) is 4. The fourth-order valence-corrected chi connectivity index (χ4v) is 6.59. The highest BCUT2D eigenvalue weighted by Crippen LogP contribution is 2.39. The second-order valence-corrected chi connectivity index (χ2v) is 11.1. The van der Waals surface area contributed by atoms with E-state index in [1.165, 1.54) is 24.1 Å². The molecular weight excluding hydrogens is 471 g/mol. The Labute approximate surface area is 218 Å². The topological polar surface area (TPSA) is 78.7 Å². The Kier molecular flexibility index (Phi) is 7.65. The predicted molar refractivity (Wildman–Crippen MR) is 139 cm³/mol. The Hall–Kier alpha value is -2.74. The van der Waals surface area contributed by atoms with Gasteiger partial charge >= 0.3 is 0 Å². The van der Waals surface area contributed by atoms with Crippen molar-refractivity contribution in [2.45, 2.75) is 77.7 Å². The van der Waals surface area contributed by atoms with Gasteiger partial charge in [-0.05, 0) is 99.8 Å². The number of aromatic nitrogens is 2. The molecule has 3 aliphatic rings. The summed E-state index contributed by atoms with van der Waals surface area (Å²) in [5, 5.41) is 13.9. The van der Waals surface area contributed by atoms with Gasteiger partial charge in [-0.3, -0.25) is 14.3 Å². The summed E-state index contributed by atoms with van der Waals surface area (Å²) in [7, 11) is 0. The molecule has 1 aliphatic heterocycles. The molecule has 2 aromatic rings. The van der Waals surface area contributed by atoms with Gasteiger partial charge in [-0.15, -0.1) is 0 Å². The highest BCUT2D eigenvalue weighted by molar-refractivity contribution is 5.94. The van der Waals surface area contributed by atoms with E-state index in [2.05, 4.69) is 4.68 Å². The molecule has 1 N–H and O–H groups in total. The maximum atomic E-state index is 13.9. The molecule has 8 heteroatoms. The number of benzene rings is 1. The van der Waals surface area contributed by atoms with E-state index in [4.69, 9.17) is 10.2 Å². The van der Waals surface area contributed by atoms with Crippen LogP contribution < -0.4 is 0 Å². The lowest BCUT2D eigenvalue weighted by molar-refractivity contribution is -0.135. The number of piperazine rings is 1. The van der Waals surface area contributed by atoms with Crippen LogP contribution in [0.3, 0.4) is 0 Å². The van der Waals surface area contributed by atoms with Crippen molar-refractivity contribution in [3.05, 3.63) is 51.6 Å². The molecule has 0 spiro atoms. The Morgan fingerprint density at radius 3 is 2.41 bits per heavy atom. The van der Waals surface area contributed by atoms with Gasteiger partial charge < -0.3 is 14.9 Å². The zero-order valence-corrected chi connectivity index (χ0v) is 22.1. The fraction of sp³-hybridized carbons (Fsp3) is 0.621. The minimum Gasteiger partial charge on any atom is -0.387 e. The molecule has 0 atom stereocenters. The number of fused-ring (bicyclic) bond motifs is 1. The van der Waals surface area contributed by atoms with Crippen LogP contribution in [0.5, 0.6) is 0 Å². The monoisotopic (exact) mass is 510 g/mol. The number of rotatable bonds is 6. The van der Waals surface area contributed by atoms with E-state index in [9.17, 15) is 14.0 Å². The van der Waals surface area contributed by atoms with Gasteiger partial charge in [0, 0.05) is 44.0 Å². The quantitative estimate of drug-likeness (QED) is 0.642. The lowest BCUT2D eigenvalue weighted by Gasteiger charge is -2.34. The first-order chi connectivity index (χ1) is 17.9. The van der Waals surface area contributed by atoms with Crippen molar-refractivity contribution < 1.29 is 19.1 Å². The van der Waals surface area contributed by atoms with Crippen LogP contribution >= 0.6 is 0 Å². The van der Waals surface area contributed by atoms with Crippen LogP contribution in [-0.2, 0) is 24.2 Å². The molecule has 2 amide bonds. The normalized spacial score (nSPS) is 21.8. The number of halogens is 1. The minimum absolute atomic E-state index is 0.0292. The molecule has 0 bridgehead atoms. The number of hydrogen-bond donors (Lipinski definition) is 1. The molecule has 2 heterocycles. The summed E-state index contributed by atoms with van der Waals surface area (Å²) < 4.78 is 16.0. The zero-order chi connectivity index (χ0) is 26.1. The zero-order valence-electron chi connectivity index (χ0n) is 22.1. The van der Waals surface area contributed by atoms with E-state index in [0.29, 0.717) is 43.7 Å². The molecule has 37 heavy (non-hydrogen) atoms. The van der Waals surface area contributed by atoms with Gasteiger partial charge in [-0.2, -0.15) is 5.10 Å². The maximum absolute atomic E-state index is 13.9. The summed E-state index contributed by atoms with van der Waals surface area (Å²) in [5.41, 5.74) is 6.13. The Morgan fingerprint density at radius 1 is 1.00 bits per heavy atom. The fourth-order valence-electron chi connectivity index (χ4n) is 6.59. The van der Waals surface area contributed by atoms with Crippen LogP contribution in [0, 0.1) is 25.6 Å². The van der Waals surface area contributed by atoms with Crippen LogP contribution in [0.4, 0.5) is 4.39 Å². The van der Waals surface area contributed by atoms with Gasteiger partial charge in [0.15, 0.2) is 5.69 Å². The number of aliphatic hydroxyl groups excluding tert-OH is 1. The third kappa shape index (κ3) is 5.17. The van der Waals surface area contributed by atoms with Gasteiger partial charge in [0.1, 0.15) is 12.4 Å². The Balaban J connectivity index is 1.18. The van der Waals surface area contributed by atoms with E-state index in [1.807, 2.05) is 19.9 Å². The first kappa shape index (κ1) is 25.9. The van der Waals surface area contributed by atoms with E-state index >= 15 is 0 Å². The van der Waals surface area contributed by atoms with Crippen molar-refractivity contribution >= 4 is 11.8 Å². The number of carbonyl (C=O) groups excluding carboxylic acids is 2. The van der Waals surface area contributed by atoms with E-state index in [0.717, 1.165) is 61.8 Å². The van der Waals surface area contributed by atoms with Crippen molar-refractivity contribution in [1.29, 1.82) is 0 Å². The van der Waals surface area contributed by atoms with Gasteiger partial charge in [0.05, 0.1) is 0 Å². The Morgan fingerprint density at radius 2 is 1.70 bits per heavy atom. The molecule has 1 aromatic heterocycles. The summed E-state index contributed by atoms with van der Waals surface area (Å²) in [6, 6.07) is 3.61. The van der Waals surface area contributed by atoms with Gasteiger partial charge in [-0.1, -0.05) is 6.07 Å². The maximum Gasteiger partial charge on any atom is 0.274 e. The van der Waals surface area contributed by atoms with Crippen LogP contribution in [0.15, 0.2) is 12.1 Å². The molecule has 2 aliphatic carbocycles. The van der Waals surface area contributed by atoms with Gasteiger partial charge in [0.2, 0.25) is 5.91 Å². The molecule has 1 aromatic carbocycles. The molecule has 0 unspecified atom stereocenters. The van der Waals surface area contributed by atoms with Crippen molar-refractivity contribution in [3.8, 4) is 0 Å². The largest absolute Gasteiger partial charge is 0.387 e. The van der Waals surface area contributed by atoms with Crippen molar-refractivity contribution in [2.75, 3.05) is 32.8 Å². The second-order valence-electron chi connectivity index (χ2n) is 11.1.